The molecule has 2 unspecified atom stereocenters. The number of nitrogens with zero attached hydrogens (tertiary/aromatic N) is 1. The van der Waals surface area contributed by atoms with Crippen molar-refractivity contribution in [3.63, 3.8) is 0 Å². The molecule has 1 N–H and O–H groups in total. The maximum atomic E-state index is 9.63. The van der Waals surface area contributed by atoms with Gasteiger partial charge in [-0.25, -0.2) is 0 Å². The molecule has 82 valence electrons. The Labute approximate surface area is 87.3 Å². The quantitative estimate of drug-likeness (QED) is 0.642. The van der Waals surface area contributed by atoms with Gasteiger partial charge in [-0.2, -0.15) is 0 Å². The highest BCUT2D eigenvalue weighted by Crippen LogP contribution is 2.46. The summed E-state index contributed by atoms with van der Waals surface area (Å²) >= 11 is 0. The number of aliphatic hydroxyl groups is 1. The first-order chi connectivity index (χ1) is 6.41. The number of aliphatic hydroxyl groups excluding tert-OH is 1. The van der Waals surface area contributed by atoms with E-state index in [0.29, 0.717) is 11.0 Å². The first-order valence-electron chi connectivity index (χ1n) is 5.84. The summed E-state index contributed by atoms with van der Waals surface area (Å²) < 4.78 is 0. The molecule has 1 heterocycles. The summed E-state index contributed by atoms with van der Waals surface area (Å²) in [6.07, 6.45) is 4.58. The van der Waals surface area contributed by atoms with Crippen LogP contribution in [0.5, 0.6) is 0 Å². The van der Waals surface area contributed by atoms with Crippen LogP contribution in [-0.4, -0.2) is 34.7 Å². The van der Waals surface area contributed by atoms with Gasteiger partial charge in [-0.1, -0.05) is 0 Å². The third kappa shape index (κ3) is 1.82. The minimum atomic E-state index is -0.0186. The first-order valence-corrected chi connectivity index (χ1v) is 5.84. The minimum Gasteiger partial charge on any atom is -0.393 e. The molecule has 1 aliphatic carbocycles. The van der Waals surface area contributed by atoms with E-state index in [9.17, 15) is 5.11 Å². The molecular weight excluding hydrogens is 174 g/mol. The van der Waals surface area contributed by atoms with Crippen molar-refractivity contribution in [2.45, 2.75) is 58.1 Å². The van der Waals surface area contributed by atoms with Gasteiger partial charge in [0.15, 0.2) is 0 Å². The van der Waals surface area contributed by atoms with Crippen molar-refractivity contribution in [2.24, 2.45) is 5.41 Å². The Morgan fingerprint density at radius 1 is 1.29 bits per heavy atom. The van der Waals surface area contributed by atoms with Crippen molar-refractivity contribution in [3.8, 4) is 0 Å². The minimum absolute atomic E-state index is 0.0186. The van der Waals surface area contributed by atoms with E-state index in [1.807, 2.05) is 0 Å². The van der Waals surface area contributed by atoms with Crippen molar-refractivity contribution >= 4 is 0 Å². The predicted molar refractivity (Wildman–Crippen MR) is 58.2 cm³/mol. The summed E-state index contributed by atoms with van der Waals surface area (Å²) in [6.45, 7) is 9.29. The highest BCUT2D eigenvalue weighted by molar-refractivity contribution is 4.98. The zero-order valence-corrected chi connectivity index (χ0v) is 9.71. The standard InChI is InChI=1S/C12H23NO/c1-11(2,3)13-7-6-12(9-13)5-4-10(14)8-12/h10,14H,4-9H2,1-3H3. The monoisotopic (exact) mass is 197 g/mol. The van der Waals surface area contributed by atoms with E-state index in [1.54, 1.807) is 0 Å². The summed E-state index contributed by atoms with van der Waals surface area (Å²) in [5.74, 6) is 0. The van der Waals surface area contributed by atoms with Gasteiger partial charge < -0.3 is 5.11 Å². The topological polar surface area (TPSA) is 23.5 Å². The van der Waals surface area contributed by atoms with Crippen LogP contribution in [0.2, 0.25) is 0 Å². The van der Waals surface area contributed by atoms with Crippen molar-refractivity contribution in [1.29, 1.82) is 0 Å². The Hall–Kier alpha value is -0.0800. The lowest BCUT2D eigenvalue weighted by atomic mass is 9.85. The maximum Gasteiger partial charge on any atom is 0.0546 e. The van der Waals surface area contributed by atoms with Crippen LogP contribution in [0.3, 0.4) is 0 Å². The molecule has 0 radical (unpaired) electrons. The highest BCUT2D eigenvalue weighted by atomic mass is 16.3. The lowest BCUT2D eigenvalue weighted by Crippen LogP contribution is -2.40. The second-order valence-corrected chi connectivity index (χ2v) is 6.24. The fraction of sp³-hybridized carbons (Fsp3) is 1.00. The van der Waals surface area contributed by atoms with E-state index >= 15 is 0 Å². The van der Waals surface area contributed by atoms with Gasteiger partial charge >= 0.3 is 0 Å². The Balaban J connectivity index is 2.01. The van der Waals surface area contributed by atoms with Gasteiger partial charge in [0.2, 0.25) is 0 Å². The largest absolute Gasteiger partial charge is 0.393 e. The summed E-state index contributed by atoms with van der Waals surface area (Å²) in [5.41, 5.74) is 0.768. The molecule has 0 amide bonds. The first kappa shape index (κ1) is 10.4. The molecule has 1 saturated carbocycles. The molecule has 1 aliphatic heterocycles. The number of hydrogen-bond donors (Lipinski definition) is 1. The van der Waals surface area contributed by atoms with Gasteiger partial charge in [-0.15, -0.1) is 0 Å². The van der Waals surface area contributed by atoms with Crippen LogP contribution < -0.4 is 0 Å². The van der Waals surface area contributed by atoms with Crippen LogP contribution >= 0.6 is 0 Å². The highest BCUT2D eigenvalue weighted by Gasteiger charge is 2.45. The summed E-state index contributed by atoms with van der Waals surface area (Å²) in [7, 11) is 0. The second kappa shape index (κ2) is 3.21. The molecule has 0 aromatic rings. The molecule has 14 heavy (non-hydrogen) atoms. The molecule has 2 atom stereocenters. The molecule has 0 bridgehead atoms. The van der Waals surface area contributed by atoms with Crippen LogP contribution in [0.15, 0.2) is 0 Å². The van der Waals surface area contributed by atoms with Gasteiger partial charge in [-0.3, -0.25) is 4.90 Å². The van der Waals surface area contributed by atoms with Crippen LogP contribution in [0.1, 0.15) is 46.5 Å². The fourth-order valence-electron chi connectivity index (χ4n) is 3.06. The van der Waals surface area contributed by atoms with E-state index < -0.39 is 0 Å². The third-order valence-corrected chi connectivity index (χ3v) is 4.06. The molecular formula is C12H23NO. The van der Waals surface area contributed by atoms with E-state index in [0.717, 1.165) is 12.8 Å². The molecule has 0 aromatic carbocycles. The van der Waals surface area contributed by atoms with Crippen molar-refractivity contribution in [3.05, 3.63) is 0 Å². The molecule has 2 heteroatoms. The van der Waals surface area contributed by atoms with Gasteiger partial charge in [-0.05, 0) is 58.4 Å². The van der Waals surface area contributed by atoms with Crippen LogP contribution in [0.25, 0.3) is 0 Å². The zero-order valence-electron chi connectivity index (χ0n) is 9.71. The molecule has 1 spiro atoms. The average molecular weight is 197 g/mol. The van der Waals surface area contributed by atoms with Crippen molar-refractivity contribution in [2.75, 3.05) is 13.1 Å². The zero-order chi connectivity index (χ0) is 10.4. The lowest BCUT2D eigenvalue weighted by molar-refractivity contribution is 0.132. The molecule has 0 aromatic heterocycles. The van der Waals surface area contributed by atoms with Crippen LogP contribution in [-0.2, 0) is 0 Å². The van der Waals surface area contributed by atoms with Gasteiger partial charge in [0.05, 0.1) is 6.10 Å². The Bertz CT molecular complexity index is 221. The van der Waals surface area contributed by atoms with Crippen molar-refractivity contribution < 1.29 is 5.11 Å². The van der Waals surface area contributed by atoms with E-state index in [-0.39, 0.29) is 6.10 Å². The van der Waals surface area contributed by atoms with Gasteiger partial charge in [0.1, 0.15) is 0 Å². The Morgan fingerprint density at radius 3 is 2.43 bits per heavy atom. The van der Waals surface area contributed by atoms with E-state index in [4.69, 9.17) is 0 Å². The summed E-state index contributed by atoms with van der Waals surface area (Å²) in [6, 6.07) is 0. The van der Waals surface area contributed by atoms with E-state index in [2.05, 4.69) is 25.7 Å². The Kier molecular flexibility index (Phi) is 2.39. The maximum absolute atomic E-state index is 9.63. The molecule has 2 aliphatic rings. The normalized spacial score (nSPS) is 39.9. The molecule has 2 fully saturated rings. The second-order valence-electron chi connectivity index (χ2n) is 6.24. The Morgan fingerprint density at radius 2 is 2.00 bits per heavy atom. The van der Waals surface area contributed by atoms with Gasteiger partial charge in [0.25, 0.3) is 0 Å². The smallest absolute Gasteiger partial charge is 0.0546 e. The third-order valence-electron chi connectivity index (χ3n) is 4.06. The molecule has 1 saturated heterocycles. The lowest BCUT2D eigenvalue weighted by Gasteiger charge is -2.33. The van der Waals surface area contributed by atoms with Crippen LogP contribution in [0, 0.1) is 5.41 Å². The molecule has 2 nitrogen and oxygen atoms in total. The van der Waals surface area contributed by atoms with E-state index in [1.165, 1.54) is 25.9 Å². The number of rotatable bonds is 0. The predicted octanol–water partition coefficient (Wildman–Crippen LogP) is 2.02. The fourth-order valence-corrected chi connectivity index (χ4v) is 3.06. The van der Waals surface area contributed by atoms with Gasteiger partial charge in [0, 0.05) is 12.1 Å². The SMILES string of the molecule is CC(C)(C)N1CCC2(CCC(O)C2)C1. The molecule has 2 rings (SSSR count). The van der Waals surface area contributed by atoms with Crippen LogP contribution in [0.4, 0.5) is 0 Å². The number of hydrogen-bond acceptors (Lipinski definition) is 2. The average Bonchev–Trinajstić information content (AvgIpc) is 2.59. The summed E-state index contributed by atoms with van der Waals surface area (Å²) in [4.78, 5) is 2.57. The summed E-state index contributed by atoms with van der Waals surface area (Å²) in [5, 5.41) is 9.63. The number of likely N-dealkylation sites (tertiary alicyclic amines) is 1. The van der Waals surface area contributed by atoms with Crippen molar-refractivity contribution in [1.82, 2.24) is 4.90 Å².